The number of carbonyl (C=O) groups excluding carboxylic acids is 2. The van der Waals surface area contributed by atoms with Crippen LogP contribution in [0.1, 0.15) is 16.8 Å². The molecule has 23 heavy (non-hydrogen) atoms. The molecule has 0 aromatic heterocycles. The molecule has 2 amide bonds. The Morgan fingerprint density at radius 2 is 2.13 bits per heavy atom. The minimum Gasteiger partial charge on any atom is -0.497 e. The molecule has 1 aromatic carbocycles. The second kappa shape index (κ2) is 6.86. The van der Waals surface area contributed by atoms with E-state index < -0.39 is 27.7 Å². The molecule has 0 spiro atoms. The summed E-state index contributed by atoms with van der Waals surface area (Å²) in [6.07, 6.45) is 0.392. The van der Waals surface area contributed by atoms with Crippen LogP contribution >= 0.6 is 0 Å². The fourth-order valence-electron chi connectivity index (χ4n) is 2.28. The number of hydrogen-bond acceptors (Lipinski definition) is 6. The first kappa shape index (κ1) is 17.1. The van der Waals surface area contributed by atoms with Gasteiger partial charge in [-0.3, -0.25) is 9.59 Å². The van der Waals surface area contributed by atoms with Gasteiger partial charge in [-0.15, -0.1) is 0 Å². The number of amides is 2. The second-order valence-electron chi connectivity index (χ2n) is 5.18. The molecule has 1 fully saturated rings. The number of primary amides is 1. The highest BCUT2D eigenvalue weighted by Gasteiger charge is 2.29. The third-order valence-corrected chi connectivity index (χ3v) is 5.18. The van der Waals surface area contributed by atoms with Gasteiger partial charge in [-0.05, 0) is 24.6 Å². The van der Waals surface area contributed by atoms with Crippen molar-refractivity contribution in [3.8, 4) is 11.5 Å². The Morgan fingerprint density at radius 1 is 1.39 bits per heavy atom. The Kier molecular flexibility index (Phi) is 5.09. The Bertz CT molecular complexity index is 716. The zero-order valence-corrected chi connectivity index (χ0v) is 13.4. The van der Waals surface area contributed by atoms with E-state index in [1.807, 2.05) is 0 Å². The van der Waals surface area contributed by atoms with Gasteiger partial charge in [0.1, 0.15) is 11.5 Å². The van der Waals surface area contributed by atoms with Crippen LogP contribution in [0.2, 0.25) is 0 Å². The number of hydrogen-bond donors (Lipinski definition) is 2. The van der Waals surface area contributed by atoms with Gasteiger partial charge in [-0.25, -0.2) is 8.42 Å². The van der Waals surface area contributed by atoms with Crippen molar-refractivity contribution in [1.29, 1.82) is 0 Å². The van der Waals surface area contributed by atoms with E-state index in [1.165, 1.54) is 19.2 Å². The molecule has 1 aliphatic heterocycles. The van der Waals surface area contributed by atoms with Crippen LogP contribution in [0, 0.1) is 0 Å². The van der Waals surface area contributed by atoms with Crippen LogP contribution in [0.15, 0.2) is 18.2 Å². The van der Waals surface area contributed by atoms with E-state index in [-0.39, 0.29) is 29.4 Å². The lowest BCUT2D eigenvalue weighted by atomic mass is 10.2. The molecule has 0 saturated carbocycles. The standard InChI is InChI=1S/C14H18N2O6S/c1-21-10-2-3-12(11(6-10)14(15)18)22-7-13(17)16-9-4-5-23(19,20)8-9/h2-3,6,9H,4-5,7-8H2,1H3,(H2,15,18)(H,16,17)/t9-/m0/s1. The van der Waals surface area contributed by atoms with Crippen LogP contribution in [-0.4, -0.2) is 51.5 Å². The normalized spacial score (nSPS) is 19.1. The van der Waals surface area contributed by atoms with Crippen molar-refractivity contribution in [2.24, 2.45) is 5.73 Å². The number of ether oxygens (including phenoxy) is 2. The van der Waals surface area contributed by atoms with Crippen molar-refractivity contribution < 1.29 is 27.5 Å². The molecule has 0 aliphatic carbocycles. The molecule has 1 atom stereocenters. The van der Waals surface area contributed by atoms with Crippen LogP contribution in [0.4, 0.5) is 0 Å². The maximum Gasteiger partial charge on any atom is 0.258 e. The summed E-state index contributed by atoms with van der Waals surface area (Å²) in [6, 6.07) is 4.07. The molecule has 2 rings (SSSR count). The third-order valence-electron chi connectivity index (χ3n) is 3.41. The maximum absolute atomic E-state index is 11.8. The summed E-state index contributed by atoms with van der Waals surface area (Å²) in [7, 11) is -1.62. The highest BCUT2D eigenvalue weighted by atomic mass is 32.2. The third kappa shape index (κ3) is 4.59. The molecule has 0 bridgehead atoms. The van der Waals surface area contributed by atoms with Crippen LogP contribution in [0.25, 0.3) is 0 Å². The maximum atomic E-state index is 11.8. The van der Waals surface area contributed by atoms with Gasteiger partial charge < -0.3 is 20.5 Å². The first-order chi connectivity index (χ1) is 10.8. The number of nitrogens with one attached hydrogen (secondary N) is 1. The summed E-state index contributed by atoms with van der Waals surface area (Å²) in [4.78, 5) is 23.2. The lowest BCUT2D eigenvalue weighted by Crippen LogP contribution is -2.38. The van der Waals surface area contributed by atoms with E-state index in [9.17, 15) is 18.0 Å². The first-order valence-electron chi connectivity index (χ1n) is 6.91. The van der Waals surface area contributed by atoms with Crippen molar-refractivity contribution in [2.45, 2.75) is 12.5 Å². The van der Waals surface area contributed by atoms with Crippen LogP contribution in [-0.2, 0) is 14.6 Å². The Hall–Kier alpha value is -2.29. The summed E-state index contributed by atoms with van der Waals surface area (Å²) >= 11 is 0. The van der Waals surface area contributed by atoms with Crippen LogP contribution < -0.4 is 20.5 Å². The first-order valence-corrected chi connectivity index (χ1v) is 8.73. The van der Waals surface area contributed by atoms with E-state index in [0.717, 1.165) is 0 Å². The largest absolute Gasteiger partial charge is 0.497 e. The van der Waals surface area contributed by atoms with E-state index in [4.69, 9.17) is 15.2 Å². The number of benzene rings is 1. The van der Waals surface area contributed by atoms with Gasteiger partial charge >= 0.3 is 0 Å². The van der Waals surface area contributed by atoms with Crippen LogP contribution in [0.3, 0.4) is 0 Å². The average molecular weight is 342 g/mol. The Morgan fingerprint density at radius 3 is 2.70 bits per heavy atom. The Labute approximate surface area is 133 Å². The molecule has 0 unspecified atom stereocenters. The topological polar surface area (TPSA) is 125 Å². The minimum atomic E-state index is -3.06. The molecular formula is C14H18N2O6S. The average Bonchev–Trinajstić information content (AvgIpc) is 2.83. The molecule has 0 radical (unpaired) electrons. The van der Waals surface area contributed by atoms with E-state index in [2.05, 4.69) is 5.32 Å². The van der Waals surface area contributed by atoms with E-state index >= 15 is 0 Å². The van der Waals surface area contributed by atoms with E-state index in [1.54, 1.807) is 6.07 Å². The van der Waals surface area contributed by atoms with Crippen LogP contribution in [0.5, 0.6) is 11.5 Å². The smallest absolute Gasteiger partial charge is 0.258 e. The number of nitrogens with two attached hydrogens (primary N) is 1. The fraction of sp³-hybridized carbons (Fsp3) is 0.429. The minimum absolute atomic E-state index is 0.0617. The molecule has 8 nitrogen and oxygen atoms in total. The highest BCUT2D eigenvalue weighted by Crippen LogP contribution is 2.23. The van der Waals surface area contributed by atoms with Gasteiger partial charge in [0.2, 0.25) is 0 Å². The zero-order valence-electron chi connectivity index (χ0n) is 12.6. The molecule has 3 N–H and O–H groups in total. The van der Waals surface area contributed by atoms with Crippen molar-refractivity contribution in [2.75, 3.05) is 25.2 Å². The number of methoxy groups -OCH3 is 1. The van der Waals surface area contributed by atoms with Gasteiger partial charge in [0.25, 0.3) is 11.8 Å². The predicted molar refractivity (Wildman–Crippen MR) is 82.2 cm³/mol. The molecule has 1 heterocycles. The van der Waals surface area contributed by atoms with Crippen molar-refractivity contribution >= 4 is 21.7 Å². The fourth-order valence-corrected chi connectivity index (χ4v) is 3.95. The van der Waals surface area contributed by atoms with Gasteiger partial charge in [0, 0.05) is 6.04 Å². The molecule has 1 aliphatic rings. The SMILES string of the molecule is COc1ccc(OCC(=O)N[C@H]2CCS(=O)(=O)C2)c(C(N)=O)c1. The predicted octanol–water partition coefficient (Wildman–Crippen LogP) is -0.524. The molecule has 9 heteroatoms. The molecular weight excluding hydrogens is 324 g/mol. The summed E-state index contributed by atoms with van der Waals surface area (Å²) in [6.45, 7) is -0.344. The Balaban J connectivity index is 1.95. The molecule has 1 aromatic rings. The van der Waals surface area contributed by atoms with Gasteiger partial charge in [0.05, 0.1) is 24.2 Å². The van der Waals surface area contributed by atoms with Gasteiger partial charge in [-0.2, -0.15) is 0 Å². The quantitative estimate of drug-likeness (QED) is 0.716. The van der Waals surface area contributed by atoms with Crippen molar-refractivity contribution in [3.63, 3.8) is 0 Å². The molecule has 126 valence electrons. The number of sulfone groups is 1. The van der Waals surface area contributed by atoms with Gasteiger partial charge in [-0.1, -0.05) is 0 Å². The van der Waals surface area contributed by atoms with Crippen molar-refractivity contribution in [1.82, 2.24) is 5.32 Å². The lowest BCUT2D eigenvalue weighted by Gasteiger charge is -2.13. The van der Waals surface area contributed by atoms with Gasteiger partial charge in [0.15, 0.2) is 16.4 Å². The molecule has 1 saturated heterocycles. The monoisotopic (exact) mass is 342 g/mol. The van der Waals surface area contributed by atoms with Crippen molar-refractivity contribution in [3.05, 3.63) is 23.8 Å². The zero-order chi connectivity index (χ0) is 17.0. The summed E-state index contributed by atoms with van der Waals surface area (Å²) in [5, 5.41) is 2.59. The number of carbonyl (C=O) groups is 2. The van der Waals surface area contributed by atoms with E-state index in [0.29, 0.717) is 12.2 Å². The highest BCUT2D eigenvalue weighted by molar-refractivity contribution is 7.91. The summed E-state index contributed by atoms with van der Waals surface area (Å²) in [5.41, 5.74) is 5.36. The summed E-state index contributed by atoms with van der Waals surface area (Å²) in [5.74, 6) is -0.560. The second-order valence-corrected chi connectivity index (χ2v) is 7.41. The summed E-state index contributed by atoms with van der Waals surface area (Å²) < 4.78 is 33.0. The lowest BCUT2D eigenvalue weighted by molar-refractivity contribution is -0.123. The number of rotatable bonds is 6.